The van der Waals surface area contributed by atoms with Crippen LogP contribution in [0.15, 0.2) is 48.0 Å². The number of tetrazole rings is 1. The minimum absolute atomic E-state index is 0.228. The lowest BCUT2D eigenvalue weighted by Crippen LogP contribution is -2.29. The van der Waals surface area contributed by atoms with Gasteiger partial charge >= 0.3 is 6.09 Å². The lowest BCUT2D eigenvalue weighted by atomic mass is 10.0. The van der Waals surface area contributed by atoms with Crippen molar-refractivity contribution in [2.75, 3.05) is 0 Å². The molecular formula is C21H19FN6O2S. The molecule has 0 saturated carbocycles. The summed E-state index contributed by atoms with van der Waals surface area (Å²) in [5.41, 5.74) is 2.25. The maximum Gasteiger partial charge on any atom is 0.413 e. The zero-order valence-corrected chi connectivity index (χ0v) is 17.9. The molecule has 2 heterocycles. The molecule has 2 aromatic heterocycles. The molecule has 1 unspecified atom stereocenters. The predicted octanol–water partition coefficient (Wildman–Crippen LogP) is 4.39. The van der Waals surface area contributed by atoms with E-state index in [2.05, 4.69) is 25.8 Å². The number of nitrogens with zero attached hydrogens (tertiary/aromatic N) is 5. The van der Waals surface area contributed by atoms with Crippen LogP contribution in [0.3, 0.4) is 0 Å². The van der Waals surface area contributed by atoms with Gasteiger partial charge in [-0.15, -0.1) is 16.4 Å². The number of hydrogen-bond donors (Lipinski definition) is 1. The summed E-state index contributed by atoms with van der Waals surface area (Å²) in [5, 5.41) is 16.8. The first kappa shape index (κ1) is 20.6. The zero-order valence-electron chi connectivity index (χ0n) is 17.0. The topological polar surface area (TPSA) is 94.8 Å². The van der Waals surface area contributed by atoms with Crippen LogP contribution in [-0.4, -0.2) is 31.3 Å². The second-order valence-electron chi connectivity index (χ2n) is 6.96. The minimum Gasteiger partial charge on any atom is -0.410 e. The maximum atomic E-state index is 14.6. The first-order valence-electron chi connectivity index (χ1n) is 9.45. The van der Waals surface area contributed by atoms with Crippen molar-refractivity contribution in [2.24, 2.45) is 0 Å². The molecule has 0 saturated heterocycles. The van der Waals surface area contributed by atoms with Crippen molar-refractivity contribution in [2.45, 2.75) is 26.8 Å². The van der Waals surface area contributed by atoms with Crippen LogP contribution in [0.2, 0.25) is 0 Å². The second kappa shape index (κ2) is 8.60. The van der Waals surface area contributed by atoms with Crippen molar-refractivity contribution >= 4 is 17.4 Å². The lowest BCUT2D eigenvalue weighted by Gasteiger charge is -2.14. The summed E-state index contributed by atoms with van der Waals surface area (Å²) in [6, 6.07) is 9.59. The molecule has 0 aliphatic heterocycles. The van der Waals surface area contributed by atoms with E-state index >= 15 is 0 Å². The molecule has 1 N–H and O–H groups in total. The second-order valence-corrected chi connectivity index (χ2v) is 7.89. The van der Waals surface area contributed by atoms with Gasteiger partial charge in [0.1, 0.15) is 16.6 Å². The lowest BCUT2D eigenvalue weighted by molar-refractivity contribution is 0.197. The van der Waals surface area contributed by atoms with Crippen LogP contribution in [0.5, 0.6) is 5.75 Å². The van der Waals surface area contributed by atoms with E-state index in [1.54, 1.807) is 37.4 Å². The van der Waals surface area contributed by atoms with Gasteiger partial charge in [-0.25, -0.2) is 14.2 Å². The molecule has 31 heavy (non-hydrogen) atoms. The summed E-state index contributed by atoms with van der Waals surface area (Å²) in [6.45, 7) is 5.37. The van der Waals surface area contributed by atoms with E-state index in [1.807, 2.05) is 25.3 Å². The SMILES string of the molecule is Cc1ccc(-c2cc(OC(=O)NC(C)c3nccs3)cc(-n3nnnc3C)c2)c(F)c1. The highest BCUT2D eigenvalue weighted by Crippen LogP contribution is 2.30. The van der Waals surface area contributed by atoms with Crippen molar-refractivity contribution < 1.29 is 13.9 Å². The van der Waals surface area contributed by atoms with Gasteiger partial charge in [0.25, 0.3) is 0 Å². The highest BCUT2D eigenvalue weighted by atomic mass is 32.1. The third-order valence-corrected chi connectivity index (χ3v) is 5.52. The molecule has 0 aliphatic rings. The Hall–Kier alpha value is -3.66. The highest BCUT2D eigenvalue weighted by molar-refractivity contribution is 7.09. The van der Waals surface area contributed by atoms with Gasteiger partial charge in [-0.05, 0) is 60.5 Å². The summed E-state index contributed by atoms with van der Waals surface area (Å²) >= 11 is 1.44. The van der Waals surface area contributed by atoms with Crippen LogP contribution >= 0.6 is 11.3 Å². The Morgan fingerprint density at radius 2 is 2.06 bits per heavy atom. The van der Waals surface area contributed by atoms with Gasteiger partial charge in [0, 0.05) is 23.2 Å². The molecule has 0 spiro atoms. The van der Waals surface area contributed by atoms with E-state index in [9.17, 15) is 9.18 Å². The Balaban J connectivity index is 1.68. The molecule has 1 atom stereocenters. The Morgan fingerprint density at radius 1 is 1.23 bits per heavy atom. The molecule has 2 aromatic carbocycles. The first-order chi connectivity index (χ1) is 14.9. The van der Waals surface area contributed by atoms with Gasteiger partial charge in [0.05, 0.1) is 11.7 Å². The van der Waals surface area contributed by atoms with Gasteiger partial charge in [-0.1, -0.05) is 12.1 Å². The van der Waals surface area contributed by atoms with Gasteiger partial charge in [-0.2, -0.15) is 4.68 Å². The quantitative estimate of drug-likeness (QED) is 0.497. The predicted molar refractivity (Wildman–Crippen MR) is 114 cm³/mol. The fraction of sp³-hybridized carbons (Fsp3) is 0.190. The molecule has 1 amide bonds. The maximum absolute atomic E-state index is 14.6. The van der Waals surface area contributed by atoms with E-state index in [4.69, 9.17) is 4.74 Å². The third-order valence-electron chi connectivity index (χ3n) is 4.56. The number of benzene rings is 2. The average molecular weight is 438 g/mol. The Kier molecular flexibility index (Phi) is 5.72. The monoisotopic (exact) mass is 438 g/mol. The summed E-state index contributed by atoms with van der Waals surface area (Å²) in [5.74, 6) is 0.388. The van der Waals surface area contributed by atoms with E-state index in [1.165, 1.54) is 22.1 Å². The Labute approximate surface area is 181 Å². The molecule has 4 rings (SSSR count). The summed E-state index contributed by atoms with van der Waals surface area (Å²) in [6.07, 6.45) is 1.02. The van der Waals surface area contributed by atoms with E-state index in [-0.39, 0.29) is 17.6 Å². The number of hydrogen-bond acceptors (Lipinski definition) is 7. The molecule has 8 nitrogen and oxygen atoms in total. The van der Waals surface area contributed by atoms with E-state index < -0.39 is 6.09 Å². The first-order valence-corrected chi connectivity index (χ1v) is 10.3. The molecule has 4 aromatic rings. The van der Waals surface area contributed by atoms with Crippen LogP contribution in [0.1, 0.15) is 29.4 Å². The van der Waals surface area contributed by atoms with Crippen LogP contribution in [0, 0.1) is 19.7 Å². The Morgan fingerprint density at radius 3 is 2.74 bits per heavy atom. The molecule has 0 radical (unpaired) electrons. The molecular weight excluding hydrogens is 419 g/mol. The number of aromatic nitrogens is 5. The summed E-state index contributed by atoms with van der Waals surface area (Å²) < 4.78 is 21.6. The minimum atomic E-state index is -0.649. The van der Waals surface area contributed by atoms with Gasteiger partial charge in [-0.3, -0.25) is 0 Å². The number of rotatable bonds is 5. The van der Waals surface area contributed by atoms with Crippen molar-refractivity contribution in [3.8, 4) is 22.6 Å². The number of ether oxygens (including phenoxy) is 1. The van der Waals surface area contributed by atoms with Gasteiger partial charge < -0.3 is 10.1 Å². The summed E-state index contributed by atoms with van der Waals surface area (Å²) in [4.78, 5) is 16.7. The third kappa shape index (κ3) is 4.58. The fourth-order valence-electron chi connectivity index (χ4n) is 3.07. The Bertz CT molecular complexity index is 1220. The number of carbonyl (C=O) groups is 1. The van der Waals surface area contributed by atoms with E-state index in [0.717, 1.165) is 10.6 Å². The smallest absolute Gasteiger partial charge is 0.410 e. The molecule has 0 bridgehead atoms. The van der Waals surface area contributed by atoms with E-state index in [0.29, 0.717) is 22.6 Å². The van der Waals surface area contributed by atoms with Crippen LogP contribution in [-0.2, 0) is 0 Å². The standard InChI is InChI=1S/C21H19FN6O2S/c1-12-4-5-18(19(22)8-12)15-9-16(28-14(3)25-26-27-28)11-17(10-15)30-21(29)24-13(2)20-23-6-7-31-20/h4-11,13H,1-3H3,(H,24,29). The van der Waals surface area contributed by atoms with Crippen molar-refractivity contribution in [3.05, 3.63) is 70.2 Å². The normalized spacial score (nSPS) is 11.9. The number of thiazole rings is 1. The fourth-order valence-corrected chi connectivity index (χ4v) is 3.71. The molecule has 0 aliphatic carbocycles. The number of amides is 1. The largest absolute Gasteiger partial charge is 0.413 e. The van der Waals surface area contributed by atoms with Crippen LogP contribution in [0.4, 0.5) is 9.18 Å². The summed E-state index contributed by atoms with van der Waals surface area (Å²) in [7, 11) is 0. The van der Waals surface area contributed by atoms with Crippen molar-refractivity contribution in [1.82, 2.24) is 30.5 Å². The number of nitrogens with one attached hydrogen (secondary N) is 1. The molecule has 158 valence electrons. The van der Waals surface area contributed by atoms with Crippen LogP contribution in [0.25, 0.3) is 16.8 Å². The van der Waals surface area contributed by atoms with Gasteiger partial charge in [0.15, 0.2) is 5.82 Å². The molecule has 0 fully saturated rings. The number of carbonyl (C=O) groups excluding carboxylic acids is 1. The molecule has 10 heteroatoms. The zero-order chi connectivity index (χ0) is 22.0. The number of aryl methyl sites for hydroxylation is 2. The van der Waals surface area contributed by atoms with Gasteiger partial charge in [0.2, 0.25) is 0 Å². The van der Waals surface area contributed by atoms with Crippen LogP contribution < -0.4 is 10.1 Å². The highest BCUT2D eigenvalue weighted by Gasteiger charge is 2.16. The van der Waals surface area contributed by atoms with Crippen molar-refractivity contribution in [1.29, 1.82) is 0 Å². The number of halogens is 1. The average Bonchev–Trinajstić information content (AvgIpc) is 3.39. The van der Waals surface area contributed by atoms with Crippen molar-refractivity contribution in [3.63, 3.8) is 0 Å².